The van der Waals surface area contributed by atoms with Gasteiger partial charge in [-0.05, 0) is 49.7 Å². The number of carbonyl (C=O) groups is 2. The van der Waals surface area contributed by atoms with Crippen LogP contribution in [-0.2, 0) is 16.1 Å². The quantitative estimate of drug-likeness (QED) is 0.497. The Hall–Kier alpha value is -3.04. The van der Waals surface area contributed by atoms with E-state index in [9.17, 15) is 9.59 Å². The summed E-state index contributed by atoms with van der Waals surface area (Å²) in [6, 6.07) is 13.3. The minimum atomic E-state index is -0.00981. The van der Waals surface area contributed by atoms with Crippen LogP contribution in [-0.4, -0.2) is 71.8 Å². The first-order chi connectivity index (χ1) is 17.9. The van der Waals surface area contributed by atoms with Crippen LogP contribution >= 0.6 is 11.8 Å². The number of nitrogens with one attached hydrogen (secondary N) is 1. The molecule has 198 valence electrons. The number of methoxy groups -OCH3 is 1. The summed E-state index contributed by atoms with van der Waals surface area (Å²) >= 11 is 1.97. The molecule has 2 aromatic carbocycles. The Balaban J connectivity index is 1.37. The van der Waals surface area contributed by atoms with Crippen LogP contribution in [0.4, 0.5) is 5.69 Å². The van der Waals surface area contributed by atoms with Crippen LogP contribution in [0.1, 0.15) is 44.2 Å². The number of rotatable bonds is 10. The van der Waals surface area contributed by atoms with Crippen LogP contribution < -0.4 is 14.8 Å². The van der Waals surface area contributed by atoms with E-state index in [0.717, 1.165) is 53.7 Å². The highest BCUT2D eigenvalue weighted by Crippen LogP contribution is 2.30. The van der Waals surface area contributed by atoms with Gasteiger partial charge in [0, 0.05) is 61.7 Å². The summed E-state index contributed by atoms with van der Waals surface area (Å²) in [4.78, 5) is 27.3. The number of hydrazone groups is 1. The summed E-state index contributed by atoms with van der Waals surface area (Å²) in [5.74, 6) is 3.62. The van der Waals surface area contributed by atoms with Gasteiger partial charge in [0.1, 0.15) is 0 Å². The summed E-state index contributed by atoms with van der Waals surface area (Å²) < 4.78 is 11.3. The fraction of sp³-hybridized carbons (Fsp3) is 0.464. The molecule has 2 aromatic rings. The number of nitrogens with zero attached hydrogens (tertiary/aromatic N) is 3. The molecule has 0 saturated carbocycles. The van der Waals surface area contributed by atoms with Crippen LogP contribution in [0.3, 0.4) is 0 Å². The SMILES string of the molecule is COc1ccc(C2=NN(Cc3ccc(NC(=O)CCN4CCSCC4)cc3)C(=O)CC2)cc1OC(C)C. The maximum absolute atomic E-state index is 12.6. The zero-order chi connectivity index (χ0) is 26.2. The normalized spacial score (nSPS) is 16.5. The van der Waals surface area contributed by atoms with Crippen LogP contribution in [0, 0.1) is 0 Å². The standard InChI is InChI=1S/C28H36N4O4S/c1-20(2)36-26-18-22(6-10-25(26)35-3)24-9-11-28(34)32(30-24)19-21-4-7-23(8-5-21)29-27(33)12-13-31-14-16-37-17-15-31/h4-8,10,18,20H,9,11-17,19H2,1-3H3,(H,29,33). The molecule has 0 bridgehead atoms. The largest absolute Gasteiger partial charge is 0.493 e. The minimum absolute atomic E-state index is 0.00981. The van der Waals surface area contributed by atoms with E-state index in [2.05, 4.69) is 15.3 Å². The molecular weight excluding hydrogens is 488 g/mol. The van der Waals surface area contributed by atoms with Crippen LogP contribution in [0.2, 0.25) is 0 Å². The first-order valence-electron chi connectivity index (χ1n) is 12.8. The third-order valence-corrected chi connectivity index (χ3v) is 7.24. The van der Waals surface area contributed by atoms with Crippen molar-refractivity contribution < 1.29 is 19.1 Å². The van der Waals surface area contributed by atoms with Crippen LogP contribution in [0.25, 0.3) is 0 Å². The number of ether oxygens (including phenoxy) is 2. The fourth-order valence-corrected chi connectivity index (χ4v) is 5.29. The Bertz CT molecular complexity index is 1110. The lowest BCUT2D eigenvalue weighted by molar-refractivity contribution is -0.132. The Labute approximate surface area is 223 Å². The van der Waals surface area contributed by atoms with Gasteiger partial charge in [-0.25, -0.2) is 5.01 Å². The first-order valence-corrected chi connectivity index (χ1v) is 14.0. The third-order valence-electron chi connectivity index (χ3n) is 6.29. The highest BCUT2D eigenvalue weighted by atomic mass is 32.2. The number of thioether (sulfide) groups is 1. The number of benzene rings is 2. The van der Waals surface area contributed by atoms with E-state index in [-0.39, 0.29) is 17.9 Å². The molecule has 0 radical (unpaired) electrons. The molecule has 2 heterocycles. The Morgan fingerprint density at radius 1 is 1.08 bits per heavy atom. The van der Waals surface area contributed by atoms with Gasteiger partial charge in [0.15, 0.2) is 11.5 Å². The molecule has 0 aromatic heterocycles. The second kappa shape index (κ2) is 13.0. The van der Waals surface area contributed by atoms with E-state index in [4.69, 9.17) is 9.47 Å². The molecule has 2 aliphatic heterocycles. The zero-order valence-electron chi connectivity index (χ0n) is 21.9. The van der Waals surface area contributed by atoms with Gasteiger partial charge in [-0.3, -0.25) is 9.59 Å². The third kappa shape index (κ3) is 7.72. The number of hydrogen-bond acceptors (Lipinski definition) is 7. The molecule has 9 heteroatoms. The summed E-state index contributed by atoms with van der Waals surface area (Å²) in [6.45, 7) is 7.21. The molecule has 0 unspecified atom stereocenters. The summed E-state index contributed by atoms with van der Waals surface area (Å²) in [5, 5.41) is 9.17. The average molecular weight is 525 g/mol. The summed E-state index contributed by atoms with van der Waals surface area (Å²) in [7, 11) is 1.62. The second-order valence-electron chi connectivity index (χ2n) is 9.48. The highest BCUT2D eigenvalue weighted by molar-refractivity contribution is 7.99. The van der Waals surface area contributed by atoms with Gasteiger partial charge in [-0.1, -0.05) is 12.1 Å². The molecule has 2 amide bonds. The first kappa shape index (κ1) is 27.0. The molecule has 37 heavy (non-hydrogen) atoms. The smallest absolute Gasteiger partial charge is 0.243 e. The molecule has 0 spiro atoms. The summed E-state index contributed by atoms with van der Waals surface area (Å²) in [6.07, 6.45) is 1.47. The molecule has 2 aliphatic rings. The highest BCUT2D eigenvalue weighted by Gasteiger charge is 2.22. The zero-order valence-corrected chi connectivity index (χ0v) is 22.7. The van der Waals surface area contributed by atoms with Crippen molar-refractivity contribution in [1.29, 1.82) is 0 Å². The molecular formula is C28H36N4O4S. The average Bonchev–Trinajstić information content (AvgIpc) is 2.90. The number of hydrogen-bond donors (Lipinski definition) is 1. The molecule has 0 atom stereocenters. The van der Waals surface area contributed by atoms with Gasteiger partial charge < -0.3 is 19.7 Å². The van der Waals surface area contributed by atoms with Crippen molar-refractivity contribution in [3.63, 3.8) is 0 Å². The Kier molecular flexibility index (Phi) is 9.46. The maximum atomic E-state index is 12.6. The lowest BCUT2D eigenvalue weighted by Gasteiger charge is -2.25. The van der Waals surface area contributed by atoms with Crippen molar-refractivity contribution in [2.75, 3.05) is 43.6 Å². The number of anilines is 1. The van der Waals surface area contributed by atoms with Crippen molar-refractivity contribution in [3.05, 3.63) is 53.6 Å². The predicted octanol–water partition coefficient (Wildman–Crippen LogP) is 4.39. The van der Waals surface area contributed by atoms with Crippen LogP contribution in [0.5, 0.6) is 11.5 Å². The summed E-state index contributed by atoms with van der Waals surface area (Å²) in [5.41, 5.74) is 3.45. The molecule has 1 fully saturated rings. The van der Waals surface area contributed by atoms with Gasteiger partial charge in [0.05, 0.1) is 25.5 Å². The molecule has 0 aliphatic carbocycles. The second-order valence-corrected chi connectivity index (χ2v) is 10.7. The van der Waals surface area contributed by atoms with Gasteiger partial charge in [0.25, 0.3) is 0 Å². The van der Waals surface area contributed by atoms with E-state index < -0.39 is 0 Å². The predicted molar refractivity (Wildman–Crippen MR) is 149 cm³/mol. The van der Waals surface area contributed by atoms with Gasteiger partial charge in [0.2, 0.25) is 11.8 Å². The van der Waals surface area contributed by atoms with Gasteiger partial charge in [-0.15, -0.1) is 0 Å². The fourth-order valence-electron chi connectivity index (χ4n) is 4.31. The molecule has 1 saturated heterocycles. The van der Waals surface area contributed by atoms with E-state index in [0.29, 0.717) is 37.3 Å². The van der Waals surface area contributed by atoms with Gasteiger partial charge >= 0.3 is 0 Å². The van der Waals surface area contributed by atoms with Gasteiger partial charge in [-0.2, -0.15) is 16.9 Å². The van der Waals surface area contributed by atoms with E-state index in [1.54, 1.807) is 7.11 Å². The lowest BCUT2D eigenvalue weighted by Crippen LogP contribution is -2.34. The lowest BCUT2D eigenvalue weighted by atomic mass is 10.0. The number of carbonyl (C=O) groups excluding carboxylic acids is 2. The van der Waals surface area contributed by atoms with E-state index in [1.807, 2.05) is 68.1 Å². The maximum Gasteiger partial charge on any atom is 0.243 e. The van der Waals surface area contributed by atoms with Crippen molar-refractivity contribution in [2.45, 2.75) is 45.8 Å². The van der Waals surface area contributed by atoms with Crippen molar-refractivity contribution in [2.24, 2.45) is 5.10 Å². The number of amides is 2. The van der Waals surface area contributed by atoms with E-state index >= 15 is 0 Å². The minimum Gasteiger partial charge on any atom is -0.493 e. The monoisotopic (exact) mass is 524 g/mol. The molecule has 1 N–H and O–H groups in total. The van der Waals surface area contributed by atoms with Crippen molar-refractivity contribution in [1.82, 2.24) is 9.91 Å². The van der Waals surface area contributed by atoms with E-state index in [1.165, 1.54) is 5.01 Å². The van der Waals surface area contributed by atoms with Crippen molar-refractivity contribution >= 4 is 35.0 Å². The molecule has 4 rings (SSSR count). The Morgan fingerprint density at radius 2 is 1.84 bits per heavy atom. The van der Waals surface area contributed by atoms with Crippen molar-refractivity contribution in [3.8, 4) is 11.5 Å². The Morgan fingerprint density at radius 3 is 2.54 bits per heavy atom. The topological polar surface area (TPSA) is 83.5 Å². The van der Waals surface area contributed by atoms with Crippen LogP contribution in [0.15, 0.2) is 47.6 Å². The molecule has 8 nitrogen and oxygen atoms in total.